The van der Waals surface area contributed by atoms with Crippen LogP contribution in [0.2, 0.25) is 0 Å². The fourth-order valence-electron chi connectivity index (χ4n) is 4.81. The Hall–Kier alpha value is -4.53. The van der Waals surface area contributed by atoms with Crippen molar-refractivity contribution in [3.05, 3.63) is 91.2 Å². The van der Waals surface area contributed by atoms with Crippen LogP contribution >= 0.6 is 11.3 Å². The predicted octanol–water partition coefficient (Wildman–Crippen LogP) is 3.50. The van der Waals surface area contributed by atoms with Gasteiger partial charge >= 0.3 is 0 Å². The van der Waals surface area contributed by atoms with E-state index in [0.29, 0.717) is 58.2 Å². The number of hydrogen-bond donors (Lipinski definition) is 0. The van der Waals surface area contributed by atoms with E-state index in [1.165, 1.54) is 28.8 Å². The van der Waals surface area contributed by atoms with E-state index >= 15 is 0 Å². The number of ether oxygens (including phenoxy) is 2. The molecule has 0 aliphatic carbocycles. The molecule has 3 heterocycles. The molecule has 1 aliphatic heterocycles. The standard InChI is InChI=1S/C31H30FN5O4S/c1-21-25(30(41-24-13-11-22(32)12-14-24)37(34-21)23-9-4-3-5-10-23)19-27-29(39)36(17-8-18-40-2)31(42-27)26(20-33)28(38)35-15-6-7-16-35/h3-5,9-14,19H,6-8,15-18H2,1-2H3/b27-19-,31-26+. The second kappa shape index (κ2) is 13.0. The lowest BCUT2D eigenvalue weighted by Gasteiger charge is -2.14. The van der Waals surface area contributed by atoms with E-state index in [4.69, 9.17) is 9.47 Å². The van der Waals surface area contributed by atoms with E-state index in [-0.39, 0.29) is 23.6 Å². The van der Waals surface area contributed by atoms with Crippen LogP contribution in [0.3, 0.4) is 0 Å². The van der Waals surface area contributed by atoms with Crippen LogP contribution in [0, 0.1) is 24.1 Å². The van der Waals surface area contributed by atoms with Gasteiger partial charge in [0.05, 0.1) is 21.5 Å². The Kier molecular flexibility index (Phi) is 8.95. The molecule has 216 valence electrons. The molecular formula is C31H30FN5O4S. The Labute approximate surface area is 246 Å². The van der Waals surface area contributed by atoms with Crippen molar-refractivity contribution in [2.45, 2.75) is 32.7 Å². The van der Waals surface area contributed by atoms with Gasteiger partial charge in [-0.25, -0.2) is 4.39 Å². The maximum Gasteiger partial charge on any atom is 0.269 e. The highest BCUT2D eigenvalue weighted by molar-refractivity contribution is 7.07. The average molecular weight is 588 g/mol. The number of benzene rings is 2. The van der Waals surface area contributed by atoms with Crippen LogP contribution in [0.5, 0.6) is 11.6 Å². The summed E-state index contributed by atoms with van der Waals surface area (Å²) >= 11 is 1.09. The zero-order valence-corrected chi connectivity index (χ0v) is 24.2. The van der Waals surface area contributed by atoms with Crippen LogP contribution in [0.25, 0.3) is 17.3 Å². The Morgan fingerprint density at radius 2 is 1.86 bits per heavy atom. The lowest BCUT2D eigenvalue weighted by molar-refractivity contribution is -0.123. The summed E-state index contributed by atoms with van der Waals surface area (Å²) in [5, 5.41) is 14.7. The SMILES string of the molecule is COCCCn1c(=O)/c(=C/c2c(C)nn(-c3ccccc3)c2Oc2ccc(F)cc2)s/c1=C(\C#N)C(=O)N1CCCC1. The van der Waals surface area contributed by atoms with Gasteiger partial charge in [0.1, 0.15) is 22.3 Å². The maximum absolute atomic E-state index is 13.8. The number of likely N-dealkylation sites (tertiary alicyclic amines) is 1. The van der Waals surface area contributed by atoms with Gasteiger partial charge in [0.25, 0.3) is 11.5 Å². The lowest BCUT2D eigenvalue weighted by Crippen LogP contribution is -2.36. The minimum atomic E-state index is -0.393. The number of nitriles is 1. The second-order valence-electron chi connectivity index (χ2n) is 9.81. The quantitative estimate of drug-likeness (QED) is 0.278. The van der Waals surface area contributed by atoms with Gasteiger partial charge in [-0.2, -0.15) is 15.0 Å². The van der Waals surface area contributed by atoms with Crippen molar-refractivity contribution in [1.29, 1.82) is 5.26 Å². The van der Waals surface area contributed by atoms with Crippen LogP contribution in [0.15, 0.2) is 59.4 Å². The number of thiazole rings is 1. The highest BCUT2D eigenvalue weighted by Gasteiger charge is 2.25. The summed E-state index contributed by atoms with van der Waals surface area (Å²) in [6.07, 6.45) is 3.98. The Morgan fingerprint density at radius 3 is 2.52 bits per heavy atom. The van der Waals surface area contributed by atoms with Crippen LogP contribution < -0.4 is 19.5 Å². The molecule has 0 unspecified atom stereocenters. The molecule has 1 amide bonds. The van der Waals surface area contributed by atoms with Crippen LogP contribution in [0.1, 0.15) is 30.5 Å². The minimum Gasteiger partial charge on any atom is -0.438 e. The summed E-state index contributed by atoms with van der Waals surface area (Å²) in [6, 6.07) is 17.1. The number of rotatable bonds is 9. The van der Waals surface area contributed by atoms with Gasteiger partial charge in [-0.05, 0) is 68.7 Å². The van der Waals surface area contributed by atoms with Gasteiger partial charge in [0.15, 0.2) is 5.57 Å². The van der Waals surface area contributed by atoms with E-state index in [1.54, 1.807) is 29.7 Å². The number of amides is 1. The van der Waals surface area contributed by atoms with Crippen molar-refractivity contribution in [3.8, 4) is 23.4 Å². The number of hydrogen-bond acceptors (Lipinski definition) is 7. The van der Waals surface area contributed by atoms with Gasteiger partial charge < -0.3 is 14.4 Å². The summed E-state index contributed by atoms with van der Waals surface area (Å²) in [6.45, 7) is 3.68. The third-order valence-electron chi connectivity index (χ3n) is 6.94. The fraction of sp³-hybridized carbons (Fsp3) is 0.290. The second-order valence-corrected chi connectivity index (χ2v) is 10.8. The predicted molar refractivity (Wildman–Crippen MR) is 157 cm³/mol. The summed E-state index contributed by atoms with van der Waals surface area (Å²) in [5.74, 6) is -0.0294. The largest absolute Gasteiger partial charge is 0.438 e. The summed E-state index contributed by atoms with van der Waals surface area (Å²) < 4.78 is 28.8. The normalized spacial score (nSPS) is 14.2. The zero-order valence-electron chi connectivity index (χ0n) is 23.4. The molecule has 1 fully saturated rings. The molecule has 0 bridgehead atoms. The van der Waals surface area contributed by atoms with Gasteiger partial charge in [-0.3, -0.25) is 14.2 Å². The topological polar surface area (TPSA) is 102 Å². The maximum atomic E-state index is 13.8. The summed E-state index contributed by atoms with van der Waals surface area (Å²) in [4.78, 5) is 28.7. The molecule has 0 radical (unpaired) electrons. The van der Waals surface area contributed by atoms with Gasteiger partial charge in [-0.1, -0.05) is 18.2 Å². The molecule has 4 aromatic rings. The number of nitrogens with zero attached hydrogens (tertiary/aromatic N) is 5. The number of halogens is 1. The number of aromatic nitrogens is 3. The molecule has 1 aliphatic rings. The molecule has 0 N–H and O–H groups in total. The van der Waals surface area contributed by atoms with Crippen molar-refractivity contribution in [1.82, 2.24) is 19.2 Å². The lowest BCUT2D eigenvalue weighted by atomic mass is 10.2. The van der Waals surface area contributed by atoms with E-state index in [9.17, 15) is 19.2 Å². The zero-order chi connectivity index (χ0) is 29.6. The monoisotopic (exact) mass is 587 g/mol. The molecule has 9 nitrogen and oxygen atoms in total. The molecule has 0 spiro atoms. The number of para-hydroxylation sites is 1. The van der Waals surface area contributed by atoms with Gasteiger partial charge in [-0.15, -0.1) is 11.3 Å². The number of carbonyl (C=O) groups excluding carboxylic acids is 1. The Morgan fingerprint density at radius 1 is 1.14 bits per heavy atom. The molecule has 2 aromatic heterocycles. The first-order chi connectivity index (χ1) is 20.4. The third-order valence-corrected chi connectivity index (χ3v) is 8.07. The number of methoxy groups -OCH3 is 1. The Balaban J connectivity index is 1.71. The number of aryl methyl sites for hydroxylation is 1. The molecule has 2 aromatic carbocycles. The summed E-state index contributed by atoms with van der Waals surface area (Å²) in [5.41, 5.74) is 1.50. The summed E-state index contributed by atoms with van der Waals surface area (Å²) in [7, 11) is 1.58. The van der Waals surface area contributed by atoms with Crippen molar-refractivity contribution in [2.75, 3.05) is 26.8 Å². The highest BCUT2D eigenvalue weighted by Crippen LogP contribution is 2.31. The van der Waals surface area contributed by atoms with Crippen LogP contribution in [-0.4, -0.2) is 52.0 Å². The number of carbonyl (C=O) groups is 1. The first-order valence-electron chi connectivity index (χ1n) is 13.6. The van der Waals surface area contributed by atoms with E-state index in [1.807, 2.05) is 30.3 Å². The molecular weight excluding hydrogens is 557 g/mol. The average Bonchev–Trinajstić information content (AvgIpc) is 3.72. The van der Waals surface area contributed by atoms with Gasteiger partial charge in [0.2, 0.25) is 5.88 Å². The Bertz CT molecular complexity index is 1800. The molecule has 11 heteroatoms. The first-order valence-corrected chi connectivity index (χ1v) is 14.5. The first kappa shape index (κ1) is 29.0. The van der Waals surface area contributed by atoms with Crippen molar-refractivity contribution < 1.29 is 18.7 Å². The van der Waals surface area contributed by atoms with E-state index in [0.717, 1.165) is 29.9 Å². The molecule has 42 heavy (non-hydrogen) atoms. The van der Waals surface area contributed by atoms with Crippen molar-refractivity contribution in [2.24, 2.45) is 0 Å². The molecule has 1 saturated heterocycles. The van der Waals surface area contributed by atoms with E-state index in [2.05, 4.69) is 11.2 Å². The highest BCUT2D eigenvalue weighted by atomic mass is 32.1. The van der Waals surface area contributed by atoms with Crippen molar-refractivity contribution >= 4 is 28.9 Å². The molecule has 0 saturated carbocycles. The smallest absolute Gasteiger partial charge is 0.269 e. The fourth-order valence-corrected chi connectivity index (χ4v) is 5.91. The minimum absolute atomic E-state index is 0.0458. The van der Waals surface area contributed by atoms with Crippen molar-refractivity contribution in [3.63, 3.8) is 0 Å². The van der Waals surface area contributed by atoms with Crippen LogP contribution in [0.4, 0.5) is 4.39 Å². The van der Waals surface area contributed by atoms with Crippen LogP contribution in [-0.2, 0) is 16.1 Å². The third kappa shape index (κ3) is 6.05. The van der Waals surface area contributed by atoms with E-state index < -0.39 is 5.82 Å². The molecule has 5 rings (SSSR count). The molecule has 0 atom stereocenters. The van der Waals surface area contributed by atoms with Gasteiger partial charge in [0, 0.05) is 33.4 Å².